The van der Waals surface area contributed by atoms with Crippen LogP contribution in [0.3, 0.4) is 0 Å². The minimum Gasteiger partial charge on any atom is -0.364 e. The Balaban J connectivity index is 2.15. The van der Waals surface area contributed by atoms with Crippen molar-refractivity contribution in [1.29, 1.82) is 0 Å². The van der Waals surface area contributed by atoms with Crippen LogP contribution in [0.1, 0.15) is 12.6 Å². The molecular formula is C12H11N5OS. The molecule has 0 aliphatic rings. The molecule has 7 heteroatoms. The summed E-state index contributed by atoms with van der Waals surface area (Å²) in [6.07, 6.45) is 4.94. The predicted molar refractivity (Wildman–Crippen MR) is 71.9 cm³/mol. The monoisotopic (exact) mass is 273 g/mol. The van der Waals surface area contributed by atoms with E-state index in [0.29, 0.717) is 16.1 Å². The number of fused-ring (bicyclic) bond motifs is 1. The largest absolute Gasteiger partial charge is 0.364 e. The van der Waals surface area contributed by atoms with E-state index in [2.05, 4.69) is 20.1 Å². The number of aliphatic hydroxyl groups is 1. The lowest BCUT2D eigenvalue weighted by Crippen LogP contribution is -2.32. The van der Waals surface area contributed by atoms with E-state index >= 15 is 0 Å². The molecule has 6 nitrogen and oxygen atoms in total. The van der Waals surface area contributed by atoms with Gasteiger partial charge in [0.25, 0.3) is 0 Å². The lowest BCUT2D eigenvalue weighted by Gasteiger charge is -2.23. The molecule has 0 aliphatic carbocycles. The van der Waals surface area contributed by atoms with Gasteiger partial charge in [-0.2, -0.15) is 0 Å². The first-order chi connectivity index (χ1) is 9.07. The Bertz CT molecular complexity index is 759. The van der Waals surface area contributed by atoms with Crippen molar-refractivity contribution in [2.24, 2.45) is 0 Å². The first kappa shape index (κ1) is 11.9. The minimum atomic E-state index is -1.35. The summed E-state index contributed by atoms with van der Waals surface area (Å²) in [4.78, 5) is 10.9. The van der Waals surface area contributed by atoms with Gasteiger partial charge in [0, 0.05) is 24.0 Å². The molecule has 96 valence electrons. The van der Waals surface area contributed by atoms with Crippen molar-refractivity contribution < 1.29 is 5.11 Å². The van der Waals surface area contributed by atoms with Gasteiger partial charge in [-0.25, -0.2) is 14.6 Å². The second-order valence-corrected chi connectivity index (χ2v) is 4.69. The molecule has 0 bridgehead atoms. The van der Waals surface area contributed by atoms with E-state index in [9.17, 15) is 5.11 Å². The fraction of sp³-hybridized carbons (Fsp3) is 0.167. The molecule has 0 aliphatic heterocycles. The topological polar surface area (TPSA) is 79.6 Å². The zero-order valence-electron chi connectivity index (χ0n) is 10.1. The number of hydrogen-bond acceptors (Lipinski definition) is 5. The van der Waals surface area contributed by atoms with Crippen molar-refractivity contribution in [2.45, 2.75) is 12.6 Å². The van der Waals surface area contributed by atoms with E-state index < -0.39 is 5.72 Å². The summed E-state index contributed by atoms with van der Waals surface area (Å²) in [5.74, 6) is 0. The van der Waals surface area contributed by atoms with Gasteiger partial charge in [0.1, 0.15) is 0 Å². The van der Waals surface area contributed by atoms with Crippen LogP contribution < -0.4 is 0 Å². The number of aromatic nitrogens is 5. The Morgan fingerprint density at radius 3 is 2.89 bits per heavy atom. The summed E-state index contributed by atoms with van der Waals surface area (Å²) in [5, 5.41) is 15.8. The van der Waals surface area contributed by atoms with Crippen LogP contribution in [0.2, 0.25) is 0 Å². The summed E-state index contributed by atoms with van der Waals surface area (Å²) in [7, 11) is 0. The molecule has 19 heavy (non-hydrogen) atoms. The molecule has 3 aromatic heterocycles. The van der Waals surface area contributed by atoms with Gasteiger partial charge in [0.05, 0.1) is 5.69 Å². The SMILES string of the molecule is CC(O)(c1ccnc(=S)[nH]1)n1cc2cccnc2n1. The van der Waals surface area contributed by atoms with Crippen LogP contribution in [0.25, 0.3) is 11.0 Å². The Morgan fingerprint density at radius 2 is 2.16 bits per heavy atom. The van der Waals surface area contributed by atoms with Crippen LogP contribution in [0.15, 0.2) is 36.8 Å². The van der Waals surface area contributed by atoms with Crippen molar-refractivity contribution in [3.63, 3.8) is 0 Å². The van der Waals surface area contributed by atoms with Gasteiger partial charge in [-0.05, 0) is 37.3 Å². The first-order valence-corrected chi connectivity index (χ1v) is 6.07. The van der Waals surface area contributed by atoms with Crippen LogP contribution in [-0.4, -0.2) is 29.8 Å². The molecule has 2 N–H and O–H groups in total. The minimum absolute atomic E-state index is 0.313. The highest BCUT2D eigenvalue weighted by molar-refractivity contribution is 7.71. The average Bonchev–Trinajstić information content (AvgIpc) is 2.83. The third-order valence-corrected chi connectivity index (χ3v) is 3.12. The van der Waals surface area contributed by atoms with Gasteiger partial charge in [0.15, 0.2) is 16.1 Å². The van der Waals surface area contributed by atoms with Crippen LogP contribution in [0, 0.1) is 4.77 Å². The molecule has 3 rings (SSSR count). The predicted octanol–water partition coefficient (Wildman–Crippen LogP) is 1.60. The first-order valence-electron chi connectivity index (χ1n) is 5.66. The Morgan fingerprint density at radius 1 is 1.32 bits per heavy atom. The molecule has 0 saturated carbocycles. The number of pyridine rings is 1. The molecular weight excluding hydrogens is 262 g/mol. The molecule has 0 aromatic carbocycles. The molecule has 0 amide bonds. The smallest absolute Gasteiger partial charge is 0.197 e. The van der Waals surface area contributed by atoms with Gasteiger partial charge >= 0.3 is 0 Å². The summed E-state index contributed by atoms with van der Waals surface area (Å²) < 4.78 is 1.76. The fourth-order valence-corrected chi connectivity index (χ4v) is 2.02. The number of nitrogens with zero attached hydrogens (tertiary/aromatic N) is 4. The fourth-order valence-electron chi connectivity index (χ4n) is 1.85. The molecule has 0 saturated heterocycles. The summed E-state index contributed by atoms with van der Waals surface area (Å²) in [6, 6.07) is 5.37. The van der Waals surface area contributed by atoms with Gasteiger partial charge in [-0.3, -0.25) is 0 Å². The highest BCUT2D eigenvalue weighted by Gasteiger charge is 2.27. The van der Waals surface area contributed by atoms with E-state index in [1.165, 1.54) is 4.68 Å². The van der Waals surface area contributed by atoms with Crippen molar-refractivity contribution in [3.05, 3.63) is 47.3 Å². The van der Waals surface area contributed by atoms with Gasteiger partial charge < -0.3 is 10.1 Å². The van der Waals surface area contributed by atoms with Crippen molar-refractivity contribution in [3.8, 4) is 0 Å². The van der Waals surface area contributed by atoms with Crippen molar-refractivity contribution in [1.82, 2.24) is 24.7 Å². The standard InChI is InChI=1S/C12H11N5OS/c1-12(18,9-4-6-14-11(19)15-9)17-7-8-3-2-5-13-10(8)16-17/h2-7,18H,1H3,(H,14,15,19). The molecule has 0 fully saturated rings. The van der Waals surface area contributed by atoms with Gasteiger partial charge in [-0.1, -0.05) is 0 Å². The normalized spacial score (nSPS) is 14.4. The third kappa shape index (κ3) is 2.02. The molecule has 1 atom stereocenters. The maximum atomic E-state index is 10.6. The van der Waals surface area contributed by atoms with E-state index in [-0.39, 0.29) is 0 Å². The number of aromatic amines is 1. The second-order valence-electron chi connectivity index (χ2n) is 4.30. The molecule has 3 aromatic rings. The molecule has 3 heterocycles. The zero-order chi connectivity index (χ0) is 13.5. The van der Waals surface area contributed by atoms with E-state index in [0.717, 1.165) is 5.39 Å². The Kier molecular flexibility index (Phi) is 2.65. The number of rotatable bonds is 2. The van der Waals surface area contributed by atoms with Crippen LogP contribution in [-0.2, 0) is 5.72 Å². The molecule has 0 spiro atoms. The van der Waals surface area contributed by atoms with E-state index in [1.807, 2.05) is 12.1 Å². The van der Waals surface area contributed by atoms with Gasteiger partial charge in [0.2, 0.25) is 0 Å². The Labute approximate surface area is 113 Å². The summed E-state index contributed by atoms with van der Waals surface area (Å²) >= 11 is 4.96. The third-order valence-electron chi connectivity index (χ3n) is 2.91. The zero-order valence-corrected chi connectivity index (χ0v) is 10.9. The number of nitrogens with one attached hydrogen (secondary N) is 1. The van der Waals surface area contributed by atoms with Crippen LogP contribution >= 0.6 is 12.2 Å². The van der Waals surface area contributed by atoms with E-state index in [4.69, 9.17) is 12.2 Å². The van der Waals surface area contributed by atoms with Crippen LogP contribution in [0.4, 0.5) is 0 Å². The number of hydrogen-bond donors (Lipinski definition) is 2. The Hall–Kier alpha value is -2.12. The van der Waals surface area contributed by atoms with Gasteiger partial charge in [-0.15, -0.1) is 5.10 Å². The van der Waals surface area contributed by atoms with Crippen LogP contribution in [0.5, 0.6) is 0 Å². The highest BCUT2D eigenvalue weighted by Crippen LogP contribution is 2.22. The summed E-state index contributed by atoms with van der Waals surface area (Å²) in [6.45, 7) is 1.62. The van der Waals surface area contributed by atoms with Crippen molar-refractivity contribution >= 4 is 23.3 Å². The lowest BCUT2D eigenvalue weighted by atomic mass is 10.2. The quantitative estimate of drug-likeness (QED) is 0.693. The number of H-pyrrole nitrogens is 1. The lowest BCUT2D eigenvalue weighted by molar-refractivity contribution is 0.00894. The van der Waals surface area contributed by atoms with Crippen molar-refractivity contribution in [2.75, 3.05) is 0 Å². The maximum absolute atomic E-state index is 10.6. The summed E-state index contributed by atoms with van der Waals surface area (Å²) in [5.41, 5.74) is -0.257. The second kappa shape index (κ2) is 4.22. The maximum Gasteiger partial charge on any atom is 0.197 e. The van der Waals surface area contributed by atoms with E-state index in [1.54, 1.807) is 31.6 Å². The molecule has 1 unspecified atom stereocenters. The average molecular weight is 273 g/mol. The molecule has 0 radical (unpaired) electrons. The highest BCUT2D eigenvalue weighted by atomic mass is 32.1.